The van der Waals surface area contributed by atoms with E-state index in [4.69, 9.17) is 0 Å². The zero-order valence-corrected chi connectivity index (χ0v) is 18.4. The molecule has 3 fully saturated rings. The molecule has 3 unspecified atom stereocenters. The van der Waals surface area contributed by atoms with Crippen molar-refractivity contribution in [2.24, 2.45) is 11.8 Å². The van der Waals surface area contributed by atoms with Crippen LogP contribution in [0.3, 0.4) is 0 Å². The van der Waals surface area contributed by atoms with E-state index in [9.17, 15) is 9.59 Å². The van der Waals surface area contributed by atoms with Crippen molar-refractivity contribution in [2.75, 3.05) is 57.3 Å². The maximum atomic E-state index is 13.1. The molecule has 0 bridgehead atoms. The number of carbonyl (C=O) groups is 2. The largest absolute Gasteiger partial charge is 0.341 e. The molecule has 7 nitrogen and oxygen atoms in total. The number of nitrogens with zero attached hydrogens (tertiary/aromatic N) is 5. The normalized spacial score (nSPS) is 28.8. The summed E-state index contributed by atoms with van der Waals surface area (Å²) < 4.78 is 0. The molecule has 0 aliphatic carbocycles. The third-order valence-corrected chi connectivity index (χ3v) is 7.28. The van der Waals surface area contributed by atoms with Gasteiger partial charge in [-0.2, -0.15) is 0 Å². The summed E-state index contributed by atoms with van der Waals surface area (Å²) in [6.45, 7) is 10.6. The molecule has 1 aromatic rings. The molecular formula is C21H33N5O2S. The summed E-state index contributed by atoms with van der Waals surface area (Å²) in [7, 11) is 0. The summed E-state index contributed by atoms with van der Waals surface area (Å²) in [5, 5.41) is 2.92. The predicted octanol–water partition coefficient (Wildman–Crippen LogP) is 1.76. The van der Waals surface area contributed by atoms with E-state index in [-0.39, 0.29) is 17.9 Å². The van der Waals surface area contributed by atoms with E-state index >= 15 is 0 Å². The number of anilines is 1. The lowest BCUT2D eigenvalue weighted by Crippen LogP contribution is -2.55. The van der Waals surface area contributed by atoms with Gasteiger partial charge in [0.25, 0.3) is 0 Å². The zero-order valence-electron chi connectivity index (χ0n) is 17.6. The van der Waals surface area contributed by atoms with Gasteiger partial charge in [0.15, 0.2) is 5.13 Å². The van der Waals surface area contributed by atoms with Crippen LogP contribution in [0, 0.1) is 11.8 Å². The van der Waals surface area contributed by atoms with Crippen LogP contribution >= 0.6 is 11.3 Å². The molecule has 4 heterocycles. The number of piperidine rings is 1. The molecule has 0 spiro atoms. The summed E-state index contributed by atoms with van der Waals surface area (Å²) in [6, 6.07) is -0.0781. The molecule has 4 rings (SSSR count). The molecule has 8 heteroatoms. The average molecular weight is 420 g/mol. The molecule has 1 aromatic heterocycles. The van der Waals surface area contributed by atoms with Gasteiger partial charge in [-0.3, -0.25) is 14.5 Å². The van der Waals surface area contributed by atoms with Gasteiger partial charge >= 0.3 is 0 Å². The van der Waals surface area contributed by atoms with Crippen LogP contribution in [-0.4, -0.2) is 89.9 Å². The lowest BCUT2D eigenvalue weighted by Gasteiger charge is -2.39. The Hall–Kier alpha value is -1.67. The fourth-order valence-corrected chi connectivity index (χ4v) is 5.82. The van der Waals surface area contributed by atoms with Crippen molar-refractivity contribution in [2.45, 2.75) is 39.2 Å². The van der Waals surface area contributed by atoms with Crippen LogP contribution in [0.4, 0.5) is 5.13 Å². The first-order valence-corrected chi connectivity index (χ1v) is 11.8. The number of thiazole rings is 1. The van der Waals surface area contributed by atoms with Gasteiger partial charge in [-0.05, 0) is 31.1 Å². The average Bonchev–Trinajstić information content (AvgIpc) is 3.38. The number of hydrogen-bond donors (Lipinski definition) is 0. The Morgan fingerprint density at radius 1 is 1.07 bits per heavy atom. The van der Waals surface area contributed by atoms with Crippen LogP contribution in [0.25, 0.3) is 0 Å². The first kappa shape index (κ1) is 20.6. The summed E-state index contributed by atoms with van der Waals surface area (Å²) in [5.74, 6) is 1.64. The first-order chi connectivity index (χ1) is 14.0. The quantitative estimate of drug-likeness (QED) is 0.744. The van der Waals surface area contributed by atoms with Crippen molar-refractivity contribution in [3.8, 4) is 0 Å². The third kappa shape index (κ3) is 4.74. The highest BCUT2D eigenvalue weighted by molar-refractivity contribution is 7.13. The van der Waals surface area contributed by atoms with Crippen molar-refractivity contribution < 1.29 is 9.59 Å². The van der Waals surface area contributed by atoms with E-state index in [1.165, 1.54) is 6.42 Å². The minimum Gasteiger partial charge on any atom is -0.341 e. The molecule has 29 heavy (non-hydrogen) atoms. The first-order valence-electron chi connectivity index (χ1n) is 11.0. The highest BCUT2D eigenvalue weighted by Gasteiger charge is 2.36. The Bertz CT molecular complexity index is 694. The van der Waals surface area contributed by atoms with Crippen molar-refractivity contribution in [1.29, 1.82) is 0 Å². The number of piperazine rings is 1. The molecule has 0 aromatic carbocycles. The molecule has 0 saturated carbocycles. The van der Waals surface area contributed by atoms with E-state index in [0.29, 0.717) is 31.5 Å². The van der Waals surface area contributed by atoms with Crippen LogP contribution in [0.1, 0.15) is 33.1 Å². The molecule has 2 amide bonds. The van der Waals surface area contributed by atoms with Gasteiger partial charge in [-0.25, -0.2) is 4.98 Å². The van der Waals surface area contributed by atoms with E-state index < -0.39 is 0 Å². The molecule has 0 N–H and O–H groups in total. The molecule has 3 atom stereocenters. The summed E-state index contributed by atoms with van der Waals surface area (Å²) >= 11 is 1.60. The third-order valence-electron chi connectivity index (χ3n) is 6.47. The maximum Gasteiger partial charge on any atom is 0.245 e. The van der Waals surface area contributed by atoms with Crippen molar-refractivity contribution in [3.05, 3.63) is 11.6 Å². The Balaban J connectivity index is 1.27. The topological polar surface area (TPSA) is 60.0 Å². The van der Waals surface area contributed by atoms with Crippen LogP contribution in [0.5, 0.6) is 0 Å². The second-order valence-corrected chi connectivity index (χ2v) is 9.89. The monoisotopic (exact) mass is 419 g/mol. The lowest BCUT2D eigenvalue weighted by molar-refractivity contribution is -0.137. The second kappa shape index (κ2) is 9.00. The number of likely N-dealkylation sites (tertiary alicyclic amines) is 1. The van der Waals surface area contributed by atoms with Crippen LogP contribution in [0.2, 0.25) is 0 Å². The molecule has 0 radical (unpaired) electrons. The highest BCUT2D eigenvalue weighted by atomic mass is 32.1. The zero-order chi connectivity index (χ0) is 20.4. The number of aromatic nitrogens is 1. The summed E-state index contributed by atoms with van der Waals surface area (Å²) in [4.78, 5) is 38.7. The van der Waals surface area contributed by atoms with E-state index in [2.05, 4.69) is 28.6 Å². The highest BCUT2D eigenvalue weighted by Crippen LogP contribution is 2.28. The fourth-order valence-electron chi connectivity index (χ4n) is 5.11. The van der Waals surface area contributed by atoms with Gasteiger partial charge in [-0.15, -0.1) is 11.3 Å². The number of hydrogen-bond acceptors (Lipinski definition) is 6. The fraction of sp³-hybridized carbons (Fsp3) is 0.762. The van der Waals surface area contributed by atoms with Crippen LogP contribution in [0.15, 0.2) is 11.6 Å². The Morgan fingerprint density at radius 2 is 1.79 bits per heavy atom. The van der Waals surface area contributed by atoms with Gasteiger partial charge in [-0.1, -0.05) is 13.8 Å². The minimum absolute atomic E-state index is 0.0781. The molecule has 3 aliphatic rings. The Kier molecular flexibility index (Phi) is 6.39. The van der Waals surface area contributed by atoms with Crippen molar-refractivity contribution >= 4 is 28.3 Å². The van der Waals surface area contributed by atoms with E-state index in [1.54, 1.807) is 17.5 Å². The second-order valence-electron chi connectivity index (χ2n) is 9.01. The van der Waals surface area contributed by atoms with Gasteiger partial charge in [0, 0.05) is 57.4 Å². The Morgan fingerprint density at radius 3 is 2.45 bits per heavy atom. The number of rotatable bonds is 4. The molecule has 160 valence electrons. The summed E-state index contributed by atoms with van der Waals surface area (Å²) in [6.07, 6.45) is 4.96. The standard InChI is InChI=1S/C21H33N5O2S/c1-16-12-17(2)14-25(13-16)19(27)15-23-7-9-24(10-8-23)20(28)18-4-3-6-26(18)21-22-5-11-29-21/h5,11,16-18H,3-4,6-10,12-15H2,1-2H3. The van der Waals surface area contributed by atoms with Crippen LogP contribution < -0.4 is 4.90 Å². The smallest absolute Gasteiger partial charge is 0.245 e. The van der Waals surface area contributed by atoms with Gasteiger partial charge in [0.2, 0.25) is 11.8 Å². The SMILES string of the molecule is CC1CC(C)CN(C(=O)CN2CCN(C(=O)C3CCCN3c3nccs3)CC2)C1. The number of amides is 2. The molecule has 3 saturated heterocycles. The summed E-state index contributed by atoms with van der Waals surface area (Å²) in [5.41, 5.74) is 0. The van der Waals surface area contributed by atoms with Crippen molar-refractivity contribution in [1.82, 2.24) is 19.7 Å². The van der Waals surface area contributed by atoms with E-state index in [1.807, 2.05) is 15.2 Å². The Labute approximate surface area is 177 Å². The lowest BCUT2D eigenvalue weighted by atomic mass is 9.92. The maximum absolute atomic E-state index is 13.1. The van der Waals surface area contributed by atoms with Crippen LogP contribution in [-0.2, 0) is 9.59 Å². The number of carbonyl (C=O) groups excluding carboxylic acids is 2. The predicted molar refractivity (Wildman–Crippen MR) is 115 cm³/mol. The minimum atomic E-state index is -0.0781. The van der Waals surface area contributed by atoms with Gasteiger partial charge < -0.3 is 14.7 Å². The van der Waals surface area contributed by atoms with Crippen molar-refractivity contribution in [3.63, 3.8) is 0 Å². The van der Waals surface area contributed by atoms with Gasteiger partial charge in [0.1, 0.15) is 6.04 Å². The molecular weight excluding hydrogens is 386 g/mol. The molecule has 3 aliphatic heterocycles. The van der Waals surface area contributed by atoms with Gasteiger partial charge in [0.05, 0.1) is 6.54 Å². The van der Waals surface area contributed by atoms with E-state index in [0.717, 1.165) is 50.7 Å².